The minimum absolute atomic E-state index is 0.144. The van der Waals surface area contributed by atoms with E-state index in [9.17, 15) is 9.59 Å². The maximum Gasteiger partial charge on any atom is 0.337 e. The minimum Gasteiger partial charge on any atom is -0.466 e. The molecular weight excluding hydrogens is 386 g/mol. The molecule has 0 saturated carbocycles. The van der Waals surface area contributed by atoms with Crippen molar-refractivity contribution in [2.24, 2.45) is 0 Å². The molecule has 0 aromatic heterocycles. The number of amides is 1. The number of nitrogens with one attached hydrogen (secondary N) is 2. The van der Waals surface area contributed by atoms with Gasteiger partial charge < -0.3 is 15.4 Å². The van der Waals surface area contributed by atoms with Gasteiger partial charge in [0.25, 0.3) is 0 Å². The van der Waals surface area contributed by atoms with Crippen LogP contribution in [0.2, 0.25) is 0 Å². The number of aryl methyl sites for hydroxylation is 1. The lowest BCUT2D eigenvalue weighted by molar-refractivity contribution is -0.136. The molecule has 1 aliphatic heterocycles. The molecule has 0 fully saturated rings. The van der Waals surface area contributed by atoms with Crippen LogP contribution < -0.4 is 15.5 Å². The first-order valence-corrected chi connectivity index (χ1v) is 9.56. The number of hydrogen-bond acceptors (Lipinski definition) is 4. The summed E-state index contributed by atoms with van der Waals surface area (Å²) < 4.78 is 5.07. The quantitative estimate of drug-likeness (QED) is 0.591. The number of carbonyl (C=O) groups is 2. The van der Waals surface area contributed by atoms with Crippen LogP contribution in [0.4, 0.5) is 11.4 Å². The Morgan fingerprint density at radius 1 is 1.14 bits per heavy atom. The Hall–Kier alpha value is -3.19. The number of carbonyl (C=O) groups excluding carboxylic acids is 2. The topological polar surface area (TPSA) is 70.7 Å². The van der Waals surface area contributed by atoms with Gasteiger partial charge in [-0.1, -0.05) is 24.3 Å². The summed E-state index contributed by atoms with van der Waals surface area (Å²) >= 11 is 5.64. The molecule has 3 rings (SSSR count). The van der Waals surface area contributed by atoms with Crippen molar-refractivity contribution in [3.63, 3.8) is 0 Å². The van der Waals surface area contributed by atoms with Crippen LogP contribution in [-0.4, -0.2) is 24.1 Å². The zero-order valence-electron chi connectivity index (χ0n) is 16.8. The van der Waals surface area contributed by atoms with Gasteiger partial charge in [-0.25, -0.2) is 4.79 Å². The predicted octanol–water partition coefficient (Wildman–Crippen LogP) is 3.84. The van der Waals surface area contributed by atoms with E-state index >= 15 is 0 Å². The Kier molecular flexibility index (Phi) is 5.98. The molecule has 2 aromatic carbocycles. The largest absolute Gasteiger partial charge is 0.466 e. The van der Waals surface area contributed by atoms with Crippen molar-refractivity contribution in [2.45, 2.75) is 26.8 Å². The molecule has 6 nitrogen and oxygen atoms in total. The summed E-state index contributed by atoms with van der Waals surface area (Å²) in [7, 11) is 1.36. The fourth-order valence-electron chi connectivity index (χ4n) is 3.41. The monoisotopic (exact) mass is 409 g/mol. The molecule has 0 saturated heterocycles. The highest BCUT2D eigenvalue weighted by Crippen LogP contribution is 2.34. The molecule has 2 N–H and O–H groups in total. The number of nitrogens with zero attached hydrogens (tertiary/aromatic N) is 1. The van der Waals surface area contributed by atoms with Gasteiger partial charge in [-0.2, -0.15) is 0 Å². The van der Waals surface area contributed by atoms with Crippen molar-refractivity contribution < 1.29 is 14.3 Å². The minimum atomic E-state index is -0.456. The van der Waals surface area contributed by atoms with Gasteiger partial charge in [0.05, 0.1) is 18.7 Å². The number of allylic oxidation sites excluding steroid dienone is 1. The second-order valence-corrected chi connectivity index (χ2v) is 7.24. The lowest BCUT2D eigenvalue weighted by Gasteiger charge is -2.37. The first-order valence-electron chi connectivity index (χ1n) is 9.15. The summed E-state index contributed by atoms with van der Waals surface area (Å²) in [4.78, 5) is 25.8. The molecule has 1 atom stereocenters. The van der Waals surface area contributed by atoms with Crippen LogP contribution in [0.15, 0.2) is 59.8 Å². The fraction of sp³-hybridized carbons (Fsp3) is 0.227. The maximum absolute atomic E-state index is 12.7. The lowest BCUT2D eigenvalue weighted by Crippen LogP contribution is -2.48. The van der Waals surface area contributed by atoms with Crippen LogP contribution in [0.1, 0.15) is 31.0 Å². The van der Waals surface area contributed by atoms with Gasteiger partial charge >= 0.3 is 5.97 Å². The van der Waals surface area contributed by atoms with Gasteiger partial charge in [-0.3, -0.25) is 9.69 Å². The number of hydrogen-bond donors (Lipinski definition) is 2. The first-order chi connectivity index (χ1) is 13.8. The molecular formula is C22H23N3O3S. The van der Waals surface area contributed by atoms with Crippen LogP contribution in [0, 0.1) is 6.92 Å². The zero-order valence-corrected chi connectivity index (χ0v) is 17.6. The molecule has 29 heavy (non-hydrogen) atoms. The number of esters is 1. The van der Waals surface area contributed by atoms with Gasteiger partial charge in [-0.05, 0) is 61.5 Å². The molecule has 2 aromatic rings. The van der Waals surface area contributed by atoms with E-state index in [1.165, 1.54) is 14.0 Å². The number of thiocarbonyl (C=S) groups is 1. The summed E-state index contributed by atoms with van der Waals surface area (Å²) in [5.74, 6) is -0.569. The van der Waals surface area contributed by atoms with E-state index in [1.807, 2.05) is 55.1 Å². The molecule has 1 amide bonds. The average molecular weight is 410 g/mol. The van der Waals surface area contributed by atoms with E-state index in [0.717, 1.165) is 16.8 Å². The molecule has 0 bridgehead atoms. The molecule has 7 heteroatoms. The number of anilines is 2. The van der Waals surface area contributed by atoms with Crippen LogP contribution in [0.3, 0.4) is 0 Å². The van der Waals surface area contributed by atoms with E-state index in [4.69, 9.17) is 17.0 Å². The molecule has 0 radical (unpaired) electrons. The smallest absolute Gasteiger partial charge is 0.337 e. The van der Waals surface area contributed by atoms with Crippen molar-refractivity contribution in [1.82, 2.24) is 5.32 Å². The molecule has 1 heterocycles. The number of methoxy groups -OCH3 is 1. The van der Waals surface area contributed by atoms with Crippen LogP contribution in [0.5, 0.6) is 0 Å². The van der Waals surface area contributed by atoms with Crippen LogP contribution in [-0.2, 0) is 14.3 Å². The highest BCUT2D eigenvalue weighted by atomic mass is 32.1. The van der Waals surface area contributed by atoms with Crippen molar-refractivity contribution in [1.29, 1.82) is 0 Å². The molecule has 150 valence electrons. The van der Waals surface area contributed by atoms with E-state index in [0.29, 0.717) is 22.1 Å². The Balaban J connectivity index is 2.05. The number of rotatable bonds is 4. The maximum atomic E-state index is 12.7. The molecule has 1 aliphatic rings. The summed E-state index contributed by atoms with van der Waals surface area (Å²) in [5, 5.41) is 6.50. The van der Waals surface area contributed by atoms with Crippen LogP contribution in [0.25, 0.3) is 0 Å². The van der Waals surface area contributed by atoms with E-state index < -0.39 is 12.0 Å². The highest BCUT2D eigenvalue weighted by molar-refractivity contribution is 7.80. The highest BCUT2D eigenvalue weighted by Gasteiger charge is 2.35. The standard InChI is InChI=1S/C22H23N3O3S/c1-13-6-5-7-18(12-13)25-14(2)19(21(27)28-4)20(24-22(25)29)16-8-10-17(11-9-16)23-15(3)26/h5-12,20H,1-4H3,(H,23,26)(H,24,29). The second-order valence-electron chi connectivity index (χ2n) is 6.85. The second kappa shape index (κ2) is 8.45. The number of benzene rings is 2. The number of ether oxygens (including phenoxy) is 1. The summed E-state index contributed by atoms with van der Waals surface area (Å²) in [5.41, 5.74) is 4.68. The van der Waals surface area contributed by atoms with E-state index in [2.05, 4.69) is 10.6 Å². The zero-order chi connectivity index (χ0) is 21.1. The molecule has 1 unspecified atom stereocenters. The van der Waals surface area contributed by atoms with Gasteiger partial charge in [0.15, 0.2) is 5.11 Å². The average Bonchev–Trinajstić information content (AvgIpc) is 2.67. The van der Waals surface area contributed by atoms with Gasteiger partial charge in [0.1, 0.15) is 0 Å². The Labute approximate surface area is 175 Å². The van der Waals surface area contributed by atoms with Gasteiger partial charge in [0, 0.05) is 24.0 Å². The van der Waals surface area contributed by atoms with Gasteiger partial charge in [0.2, 0.25) is 5.91 Å². The Bertz CT molecular complexity index is 999. The van der Waals surface area contributed by atoms with E-state index in [-0.39, 0.29) is 5.91 Å². The molecule has 0 spiro atoms. The van der Waals surface area contributed by atoms with Crippen molar-refractivity contribution >= 4 is 40.6 Å². The Morgan fingerprint density at radius 3 is 2.41 bits per heavy atom. The first kappa shape index (κ1) is 20.5. The third kappa shape index (κ3) is 4.30. The fourth-order valence-corrected chi connectivity index (χ4v) is 3.77. The SMILES string of the molecule is COC(=O)C1=C(C)N(c2cccc(C)c2)C(=S)NC1c1ccc(NC(C)=O)cc1. The summed E-state index contributed by atoms with van der Waals surface area (Å²) in [6.45, 7) is 5.32. The predicted molar refractivity (Wildman–Crippen MR) is 118 cm³/mol. The Morgan fingerprint density at radius 2 is 1.83 bits per heavy atom. The van der Waals surface area contributed by atoms with Gasteiger partial charge in [-0.15, -0.1) is 0 Å². The summed E-state index contributed by atoms with van der Waals surface area (Å²) in [6, 6.07) is 14.7. The normalized spacial score (nSPS) is 16.3. The molecule has 0 aliphatic carbocycles. The lowest BCUT2D eigenvalue weighted by atomic mass is 9.94. The van der Waals surface area contributed by atoms with Crippen molar-refractivity contribution in [2.75, 3.05) is 17.3 Å². The third-order valence-corrected chi connectivity index (χ3v) is 5.01. The third-order valence-electron chi connectivity index (χ3n) is 4.71. The summed E-state index contributed by atoms with van der Waals surface area (Å²) in [6.07, 6.45) is 0. The van der Waals surface area contributed by atoms with E-state index in [1.54, 1.807) is 12.1 Å². The van der Waals surface area contributed by atoms with Crippen molar-refractivity contribution in [3.05, 3.63) is 70.9 Å². The van der Waals surface area contributed by atoms with Crippen molar-refractivity contribution in [3.8, 4) is 0 Å². The van der Waals surface area contributed by atoms with Crippen LogP contribution >= 0.6 is 12.2 Å².